The first-order valence-electron chi connectivity index (χ1n) is 5.80. The summed E-state index contributed by atoms with van der Waals surface area (Å²) in [6, 6.07) is 6.93. The highest BCUT2D eigenvalue weighted by atomic mass is 16.3. The molecule has 0 saturated carbocycles. The van der Waals surface area contributed by atoms with E-state index < -0.39 is 0 Å². The lowest BCUT2D eigenvalue weighted by molar-refractivity contribution is -0.132. The Labute approximate surface area is 103 Å². The first-order chi connectivity index (χ1) is 7.78. The average molecular weight is 235 g/mol. The zero-order valence-corrected chi connectivity index (χ0v) is 11.0. The molecule has 0 heterocycles. The standard InChI is InChI=1S/C14H21NO2/c1-14(2,3)9-13(17)15(4)10-11-5-7-12(16)8-6-11/h5-8,16H,9-10H2,1-4H3. The Kier molecular flexibility index (Phi) is 4.16. The number of rotatable bonds is 3. The third-order valence-electron chi connectivity index (χ3n) is 2.46. The summed E-state index contributed by atoms with van der Waals surface area (Å²) >= 11 is 0. The maximum Gasteiger partial charge on any atom is 0.223 e. The third-order valence-corrected chi connectivity index (χ3v) is 2.46. The van der Waals surface area contributed by atoms with E-state index in [4.69, 9.17) is 0 Å². The molecular formula is C14H21NO2. The van der Waals surface area contributed by atoms with Crippen molar-refractivity contribution in [3.63, 3.8) is 0 Å². The SMILES string of the molecule is CN(Cc1ccc(O)cc1)C(=O)CC(C)(C)C. The number of hydrogen-bond acceptors (Lipinski definition) is 2. The molecule has 0 bridgehead atoms. The number of amides is 1. The monoisotopic (exact) mass is 235 g/mol. The summed E-state index contributed by atoms with van der Waals surface area (Å²) in [5.74, 6) is 0.392. The van der Waals surface area contributed by atoms with Gasteiger partial charge < -0.3 is 10.0 Å². The summed E-state index contributed by atoms with van der Waals surface area (Å²) in [7, 11) is 1.81. The zero-order chi connectivity index (χ0) is 13.1. The normalized spacial score (nSPS) is 11.3. The summed E-state index contributed by atoms with van der Waals surface area (Å²) in [6.07, 6.45) is 0.543. The fourth-order valence-electron chi connectivity index (χ4n) is 1.55. The molecule has 0 aliphatic rings. The van der Waals surface area contributed by atoms with Gasteiger partial charge in [-0.15, -0.1) is 0 Å². The number of benzene rings is 1. The van der Waals surface area contributed by atoms with Crippen molar-refractivity contribution in [2.75, 3.05) is 7.05 Å². The van der Waals surface area contributed by atoms with Crippen molar-refractivity contribution >= 4 is 5.91 Å². The Hall–Kier alpha value is -1.51. The molecule has 94 valence electrons. The molecule has 0 aromatic heterocycles. The van der Waals surface area contributed by atoms with Crippen LogP contribution in [0, 0.1) is 5.41 Å². The van der Waals surface area contributed by atoms with Crippen molar-refractivity contribution in [3.05, 3.63) is 29.8 Å². The lowest BCUT2D eigenvalue weighted by atomic mass is 9.91. The van der Waals surface area contributed by atoms with Gasteiger partial charge in [-0.3, -0.25) is 4.79 Å². The number of carbonyl (C=O) groups is 1. The summed E-state index contributed by atoms with van der Waals surface area (Å²) in [6.45, 7) is 6.74. The van der Waals surface area contributed by atoms with Crippen LogP contribution in [0.3, 0.4) is 0 Å². The van der Waals surface area contributed by atoms with Gasteiger partial charge in [0.2, 0.25) is 5.91 Å². The maximum absolute atomic E-state index is 11.9. The van der Waals surface area contributed by atoms with Crippen molar-refractivity contribution in [2.24, 2.45) is 5.41 Å². The van der Waals surface area contributed by atoms with Crippen LogP contribution in [0.5, 0.6) is 5.75 Å². The molecule has 1 aromatic rings. The van der Waals surface area contributed by atoms with Gasteiger partial charge in [0.15, 0.2) is 0 Å². The van der Waals surface area contributed by atoms with Gasteiger partial charge in [-0.25, -0.2) is 0 Å². The van der Waals surface area contributed by atoms with Gasteiger partial charge in [0, 0.05) is 20.0 Å². The summed E-state index contributed by atoms with van der Waals surface area (Å²) in [5.41, 5.74) is 1.04. The molecule has 0 atom stereocenters. The van der Waals surface area contributed by atoms with Gasteiger partial charge in [-0.05, 0) is 23.1 Å². The Morgan fingerprint density at radius 3 is 2.24 bits per heavy atom. The molecule has 1 rings (SSSR count). The third kappa shape index (κ3) is 4.89. The van der Waals surface area contributed by atoms with E-state index in [2.05, 4.69) is 20.8 Å². The van der Waals surface area contributed by atoms with E-state index in [0.29, 0.717) is 13.0 Å². The molecule has 0 radical (unpaired) electrons. The summed E-state index contributed by atoms with van der Waals surface area (Å²) in [4.78, 5) is 13.6. The average Bonchev–Trinajstić information content (AvgIpc) is 2.19. The smallest absolute Gasteiger partial charge is 0.223 e. The summed E-state index contributed by atoms with van der Waals surface area (Å²) in [5, 5.41) is 9.17. The van der Waals surface area contributed by atoms with Crippen molar-refractivity contribution < 1.29 is 9.90 Å². The van der Waals surface area contributed by atoms with Crippen LogP contribution in [-0.2, 0) is 11.3 Å². The highest BCUT2D eigenvalue weighted by molar-refractivity contribution is 5.76. The van der Waals surface area contributed by atoms with Crippen molar-refractivity contribution in [1.82, 2.24) is 4.90 Å². The Balaban J connectivity index is 2.57. The molecule has 3 nitrogen and oxygen atoms in total. The predicted octanol–water partition coefficient (Wildman–Crippen LogP) is 2.79. The topological polar surface area (TPSA) is 40.5 Å². The lowest BCUT2D eigenvalue weighted by Crippen LogP contribution is -2.29. The van der Waals surface area contributed by atoms with E-state index in [0.717, 1.165) is 5.56 Å². The fraction of sp³-hybridized carbons (Fsp3) is 0.500. The van der Waals surface area contributed by atoms with Crippen LogP contribution in [0.4, 0.5) is 0 Å². The van der Waals surface area contributed by atoms with E-state index in [1.807, 2.05) is 12.1 Å². The molecule has 0 aliphatic carbocycles. The first-order valence-corrected chi connectivity index (χ1v) is 5.80. The Morgan fingerprint density at radius 1 is 1.24 bits per heavy atom. The van der Waals surface area contributed by atoms with Crippen molar-refractivity contribution in [2.45, 2.75) is 33.7 Å². The summed E-state index contributed by atoms with van der Waals surface area (Å²) < 4.78 is 0. The van der Waals surface area contributed by atoms with Crippen molar-refractivity contribution in [1.29, 1.82) is 0 Å². The second-order valence-corrected chi connectivity index (χ2v) is 5.65. The number of nitrogens with zero attached hydrogens (tertiary/aromatic N) is 1. The Morgan fingerprint density at radius 2 is 1.76 bits per heavy atom. The number of aromatic hydroxyl groups is 1. The van der Waals surface area contributed by atoms with Gasteiger partial charge in [-0.1, -0.05) is 32.9 Å². The van der Waals surface area contributed by atoms with E-state index in [9.17, 15) is 9.90 Å². The quantitative estimate of drug-likeness (QED) is 0.875. The maximum atomic E-state index is 11.9. The molecule has 0 saturated heterocycles. The second-order valence-electron chi connectivity index (χ2n) is 5.65. The number of hydrogen-bond donors (Lipinski definition) is 1. The molecule has 17 heavy (non-hydrogen) atoms. The van der Waals surface area contributed by atoms with E-state index in [-0.39, 0.29) is 17.1 Å². The second kappa shape index (κ2) is 5.21. The van der Waals surface area contributed by atoms with E-state index in [1.165, 1.54) is 0 Å². The molecule has 1 amide bonds. The van der Waals surface area contributed by atoms with Gasteiger partial charge >= 0.3 is 0 Å². The van der Waals surface area contributed by atoms with Crippen LogP contribution in [0.1, 0.15) is 32.8 Å². The molecule has 1 N–H and O–H groups in total. The largest absolute Gasteiger partial charge is 0.508 e. The number of phenolic OH excluding ortho intramolecular Hbond substituents is 1. The molecule has 0 unspecified atom stereocenters. The van der Waals surface area contributed by atoms with Crippen LogP contribution in [-0.4, -0.2) is 23.0 Å². The molecule has 3 heteroatoms. The van der Waals surface area contributed by atoms with Crippen LogP contribution in [0.15, 0.2) is 24.3 Å². The van der Waals surface area contributed by atoms with Gasteiger partial charge in [-0.2, -0.15) is 0 Å². The highest BCUT2D eigenvalue weighted by Crippen LogP contribution is 2.20. The van der Waals surface area contributed by atoms with Gasteiger partial charge in [0.05, 0.1) is 0 Å². The van der Waals surface area contributed by atoms with Crippen molar-refractivity contribution in [3.8, 4) is 5.75 Å². The Bertz CT molecular complexity index is 376. The van der Waals surface area contributed by atoms with E-state index in [1.54, 1.807) is 24.1 Å². The molecular weight excluding hydrogens is 214 g/mol. The highest BCUT2D eigenvalue weighted by Gasteiger charge is 2.18. The molecule has 0 spiro atoms. The van der Waals surface area contributed by atoms with E-state index >= 15 is 0 Å². The van der Waals surface area contributed by atoms with Crippen LogP contribution < -0.4 is 0 Å². The zero-order valence-electron chi connectivity index (χ0n) is 11.0. The van der Waals surface area contributed by atoms with Gasteiger partial charge in [0.1, 0.15) is 5.75 Å². The minimum absolute atomic E-state index is 0.0142. The van der Waals surface area contributed by atoms with Gasteiger partial charge in [0.25, 0.3) is 0 Å². The lowest BCUT2D eigenvalue weighted by Gasteiger charge is -2.23. The molecule has 0 fully saturated rings. The molecule has 1 aromatic carbocycles. The fourth-order valence-corrected chi connectivity index (χ4v) is 1.55. The van der Waals surface area contributed by atoms with Crippen LogP contribution in [0.2, 0.25) is 0 Å². The van der Waals surface area contributed by atoms with Crippen LogP contribution in [0.25, 0.3) is 0 Å². The van der Waals surface area contributed by atoms with Crippen LogP contribution >= 0.6 is 0 Å². The minimum Gasteiger partial charge on any atom is -0.508 e. The molecule has 0 aliphatic heterocycles. The first kappa shape index (κ1) is 13.6. The number of carbonyl (C=O) groups excluding carboxylic acids is 1. The predicted molar refractivity (Wildman–Crippen MR) is 68.7 cm³/mol. The minimum atomic E-state index is 0.0142. The number of phenols is 1.